The fraction of sp³-hybridized carbons (Fsp3) is 0.741. The van der Waals surface area contributed by atoms with Crippen molar-refractivity contribution >= 4 is 53.5 Å². The maximum atomic E-state index is 14.3. The van der Waals surface area contributed by atoms with E-state index in [9.17, 15) is 43.2 Å². The first kappa shape index (κ1) is 64.7. The molecule has 4 saturated carbocycles. The van der Waals surface area contributed by atoms with Gasteiger partial charge in [-0.05, 0) is 110 Å². The second-order valence-corrected chi connectivity index (χ2v) is 24.6. The van der Waals surface area contributed by atoms with E-state index in [1.54, 1.807) is 83.8 Å². The Morgan fingerprint density at radius 1 is 0.538 bits per heavy atom. The average molecular weight is 1100 g/mol. The number of nitrogens with two attached hydrogens (primary N) is 1. The van der Waals surface area contributed by atoms with Crippen LogP contribution in [-0.4, -0.2) is 186 Å². The normalized spacial score (nSPS) is 18.7. The molecule has 438 valence electrons. The Kier molecular flexibility index (Phi) is 23.1. The molecule has 5 rings (SSSR count). The Bertz CT molecular complexity index is 2240. The quantitative estimate of drug-likeness (QED) is 0.123. The number of carbonyl (C=O) groups is 9. The lowest BCUT2D eigenvalue weighted by molar-refractivity contribution is -0.162. The third-order valence-corrected chi connectivity index (χ3v) is 15.7. The number of alkyl carbamates (subject to hydrolysis) is 1. The van der Waals surface area contributed by atoms with E-state index in [-0.39, 0.29) is 54.9 Å². The van der Waals surface area contributed by atoms with Gasteiger partial charge in [0.15, 0.2) is 0 Å². The van der Waals surface area contributed by atoms with Crippen LogP contribution < -0.4 is 11.1 Å². The molecule has 0 radical (unpaired) electrons. The lowest BCUT2D eigenvalue weighted by atomic mass is 9.90. The number of benzene rings is 1. The molecule has 3 N–H and O–H groups in total. The number of carbonyl (C=O) groups excluding carboxylic acids is 9. The zero-order chi connectivity index (χ0) is 58.5. The van der Waals surface area contributed by atoms with Gasteiger partial charge in [0.2, 0.25) is 35.4 Å². The summed E-state index contributed by atoms with van der Waals surface area (Å²) in [5.74, 6) is -3.40. The Morgan fingerprint density at radius 3 is 1.28 bits per heavy atom. The van der Waals surface area contributed by atoms with Crippen molar-refractivity contribution in [2.75, 3.05) is 56.4 Å². The number of esters is 2. The van der Waals surface area contributed by atoms with Crippen LogP contribution in [0.25, 0.3) is 0 Å². The number of hydrogen-bond donors (Lipinski definition) is 2. The van der Waals surface area contributed by atoms with E-state index in [1.165, 1.54) is 43.5 Å². The number of amides is 7. The lowest BCUT2D eigenvalue weighted by Crippen LogP contribution is -2.63. The third kappa shape index (κ3) is 17.6. The van der Waals surface area contributed by atoms with Gasteiger partial charge in [-0.3, -0.25) is 38.4 Å². The highest BCUT2D eigenvalue weighted by molar-refractivity contribution is 5.97. The summed E-state index contributed by atoms with van der Waals surface area (Å²) in [7, 11) is 12.6. The minimum Gasteiger partial charge on any atom is -0.460 e. The van der Waals surface area contributed by atoms with Crippen LogP contribution in [0.3, 0.4) is 0 Å². The van der Waals surface area contributed by atoms with E-state index in [0.717, 1.165) is 82.6 Å². The highest BCUT2D eigenvalue weighted by atomic mass is 16.6. The molecule has 1 aromatic carbocycles. The molecule has 4 aliphatic rings. The maximum Gasteiger partial charge on any atom is 0.408 e. The largest absolute Gasteiger partial charge is 0.460 e. The van der Waals surface area contributed by atoms with Crippen molar-refractivity contribution < 1.29 is 57.4 Å². The summed E-state index contributed by atoms with van der Waals surface area (Å²) < 4.78 is 16.4. The molecule has 4 atom stereocenters. The van der Waals surface area contributed by atoms with Gasteiger partial charge in [-0.2, -0.15) is 0 Å². The summed E-state index contributed by atoms with van der Waals surface area (Å²) in [6.07, 6.45) is 11.1. The van der Waals surface area contributed by atoms with Gasteiger partial charge in [-0.1, -0.05) is 81.7 Å². The Morgan fingerprint density at radius 2 is 0.910 bits per heavy atom. The molecule has 4 fully saturated rings. The number of likely N-dealkylation sites (N-methyl/N-ethyl adjacent to an activating group) is 6. The molecule has 78 heavy (non-hydrogen) atoms. The molecule has 0 unspecified atom stereocenters. The standard InChI is InChI=1S/C33H50N4O7.C25H44N4O5/c1-32(2,3)44-26(38)21-25(28(39)35(4)5)36(6)29(40)27(24-17-11-12-18-24)37(7)30(41)33(19-13-14-20-33)34-31(42)43-22-23-15-9-8-10-16-23;1-24(2,3)34-19(30)16-18(21(31)27(4)5)28(6)22(32)20(17-12-8-9-13-17)29(7)23(33)25(26)14-10-11-15-25/h8-10,15-16,24-25,27H,11-14,17-22H2,1-7H3,(H,34,42);17-18,20H,8-16,26H2,1-7H3/t25-,27-;18-,20-/m00/s1. The molecule has 1 aromatic rings. The van der Waals surface area contributed by atoms with Crippen LogP contribution in [0.15, 0.2) is 30.3 Å². The van der Waals surface area contributed by atoms with Crippen molar-refractivity contribution in [1.29, 1.82) is 0 Å². The topological polar surface area (TPSA) is 239 Å². The first-order valence-electron chi connectivity index (χ1n) is 28.0. The van der Waals surface area contributed by atoms with Crippen molar-refractivity contribution in [2.24, 2.45) is 17.6 Å². The fourth-order valence-corrected chi connectivity index (χ4v) is 11.6. The van der Waals surface area contributed by atoms with E-state index < -0.39 is 76.3 Å². The molecule has 0 aliphatic heterocycles. The van der Waals surface area contributed by atoms with E-state index in [4.69, 9.17) is 19.9 Å². The fourth-order valence-electron chi connectivity index (χ4n) is 11.6. The highest BCUT2D eigenvalue weighted by Crippen LogP contribution is 2.38. The van der Waals surface area contributed by atoms with Gasteiger partial charge in [0.05, 0.1) is 18.4 Å². The second kappa shape index (κ2) is 27.9. The van der Waals surface area contributed by atoms with Gasteiger partial charge < -0.3 is 54.7 Å². The first-order chi connectivity index (χ1) is 36.3. The molecular weight excluding hydrogens is 1000 g/mol. The minimum atomic E-state index is -1.20. The maximum absolute atomic E-state index is 14.3. The van der Waals surface area contributed by atoms with Crippen molar-refractivity contribution in [3.05, 3.63) is 35.9 Å². The van der Waals surface area contributed by atoms with Crippen molar-refractivity contribution in [2.45, 2.75) is 210 Å². The minimum absolute atomic E-state index is 0.00876. The number of nitrogens with one attached hydrogen (secondary N) is 1. The number of hydrogen-bond acceptors (Lipinski definition) is 13. The molecule has 7 amide bonds. The van der Waals surface area contributed by atoms with Crippen LogP contribution in [0.1, 0.15) is 163 Å². The molecule has 20 heteroatoms. The molecule has 0 bridgehead atoms. The summed E-state index contributed by atoms with van der Waals surface area (Å²) in [4.78, 5) is 129. The Balaban J connectivity index is 0.000000348. The monoisotopic (exact) mass is 1090 g/mol. The Labute approximate surface area is 464 Å². The molecule has 0 saturated heterocycles. The third-order valence-electron chi connectivity index (χ3n) is 15.7. The average Bonchev–Trinajstić information content (AvgIpc) is 4.26. The number of nitrogens with zero attached hydrogens (tertiary/aromatic N) is 6. The van der Waals surface area contributed by atoms with Crippen molar-refractivity contribution in [3.63, 3.8) is 0 Å². The van der Waals surface area contributed by atoms with Crippen LogP contribution in [0, 0.1) is 11.8 Å². The zero-order valence-corrected chi connectivity index (χ0v) is 49.4. The molecule has 0 heterocycles. The second-order valence-electron chi connectivity index (χ2n) is 24.6. The summed E-state index contributed by atoms with van der Waals surface area (Å²) >= 11 is 0. The molecule has 4 aliphatic carbocycles. The molecular formula is C58H94N8O12. The van der Waals surface area contributed by atoms with E-state index in [0.29, 0.717) is 25.7 Å². The van der Waals surface area contributed by atoms with Crippen molar-refractivity contribution in [3.8, 4) is 0 Å². The van der Waals surface area contributed by atoms with E-state index in [2.05, 4.69) is 5.32 Å². The zero-order valence-electron chi connectivity index (χ0n) is 49.4. The van der Waals surface area contributed by atoms with Crippen LogP contribution in [0.4, 0.5) is 4.79 Å². The smallest absolute Gasteiger partial charge is 0.408 e. The number of ether oxygens (including phenoxy) is 3. The Hall–Kier alpha value is -5.79. The predicted molar refractivity (Wildman–Crippen MR) is 295 cm³/mol. The summed E-state index contributed by atoms with van der Waals surface area (Å²) in [6.45, 7) is 10.6. The van der Waals surface area contributed by atoms with Gasteiger partial charge in [-0.25, -0.2) is 4.79 Å². The molecule has 0 spiro atoms. The van der Waals surface area contributed by atoms with E-state index in [1.807, 2.05) is 30.3 Å². The number of rotatable bonds is 19. The SMILES string of the molecule is CN(C)C(=O)[C@H](CC(=O)OC(C)(C)C)N(C)C(=O)[C@H](C1CCCC1)N(C)C(=O)C1(N)CCCC1.CN(C)C(=O)[C@H](CC(=O)OC(C)(C)C)N(C)C(=O)[C@H](C1CCCC1)N(C)C(=O)C1(NC(=O)OCc2ccccc2)CCCC1. The van der Waals surface area contributed by atoms with Crippen molar-refractivity contribution in [1.82, 2.24) is 34.7 Å². The molecule has 0 aromatic heterocycles. The molecule has 20 nitrogen and oxygen atoms in total. The van der Waals surface area contributed by atoms with E-state index >= 15 is 0 Å². The van der Waals surface area contributed by atoms with Gasteiger partial charge in [0.25, 0.3) is 0 Å². The highest BCUT2D eigenvalue weighted by Gasteiger charge is 2.50. The first-order valence-corrected chi connectivity index (χ1v) is 28.0. The van der Waals surface area contributed by atoms with Crippen LogP contribution in [0.2, 0.25) is 0 Å². The van der Waals surface area contributed by atoms with Gasteiger partial charge in [0, 0.05) is 56.4 Å². The summed E-state index contributed by atoms with van der Waals surface area (Å²) in [5.41, 5.74) is 3.67. The predicted octanol–water partition coefficient (Wildman–Crippen LogP) is 5.81. The lowest BCUT2D eigenvalue weighted by Gasteiger charge is -2.41. The van der Waals surface area contributed by atoms with Gasteiger partial charge in [-0.15, -0.1) is 0 Å². The summed E-state index contributed by atoms with van der Waals surface area (Å²) in [6, 6.07) is 5.56. The van der Waals surface area contributed by atoms with Crippen LogP contribution in [-0.2, 0) is 59.2 Å². The van der Waals surface area contributed by atoms with Crippen LogP contribution in [0.5, 0.6) is 0 Å². The van der Waals surface area contributed by atoms with Crippen LogP contribution >= 0.6 is 0 Å². The summed E-state index contributed by atoms with van der Waals surface area (Å²) in [5, 5.41) is 2.86. The van der Waals surface area contributed by atoms with Gasteiger partial charge in [0.1, 0.15) is 47.5 Å². The van der Waals surface area contributed by atoms with Gasteiger partial charge >= 0.3 is 18.0 Å².